The molecule has 3 heterocycles. The van der Waals surface area contributed by atoms with E-state index in [0.717, 1.165) is 30.6 Å². The molecule has 2 aromatic carbocycles. The van der Waals surface area contributed by atoms with Crippen LogP contribution in [0.4, 0.5) is 11.6 Å². The van der Waals surface area contributed by atoms with Gasteiger partial charge in [-0.3, -0.25) is 13.9 Å². The van der Waals surface area contributed by atoms with E-state index in [2.05, 4.69) is 17.0 Å². The fraction of sp³-hybridized carbons (Fsp3) is 0.320. The molecule has 33 heavy (non-hydrogen) atoms. The van der Waals surface area contributed by atoms with Crippen LogP contribution in [-0.4, -0.2) is 25.2 Å². The molecule has 0 fully saturated rings. The molecule has 5 rings (SSSR count). The third kappa shape index (κ3) is 3.76. The Morgan fingerprint density at radius 1 is 1.06 bits per heavy atom. The third-order valence-corrected chi connectivity index (χ3v) is 6.60. The van der Waals surface area contributed by atoms with Crippen molar-refractivity contribution in [2.45, 2.75) is 39.3 Å². The summed E-state index contributed by atoms with van der Waals surface area (Å²) in [4.78, 5) is 33.4. The van der Waals surface area contributed by atoms with Crippen LogP contribution >= 0.6 is 11.6 Å². The molecule has 0 radical (unpaired) electrons. The van der Waals surface area contributed by atoms with Crippen molar-refractivity contribution in [2.75, 3.05) is 11.4 Å². The molecule has 0 N–H and O–H groups in total. The van der Waals surface area contributed by atoms with Crippen molar-refractivity contribution in [3.8, 4) is 0 Å². The fourth-order valence-electron chi connectivity index (χ4n) is 4.65. The predicted octanol–water partition coefficient (Wildman–Crippen LogP) is 4.03. The Kier molecular flexibility index (Phi) is 5.58. The highest BCUT2D eigenvalue weighted by Crippen LogP contribution is 2.34. The molecule has 0 spiro atoms. The van der Waals surface area contributed by atoms with Crippen LogP contribution in [0.2, 0.25) is 5.02 Å². The molecule has 0 atom stereocenters. The summed E-state index contributed by atoms with van der Waals surface area (Å²) in [6, 6.07) is 15.9. The summed E-state index contributed by atoms with van der Waals surface area (Å²) >= 11 is 6.27. The minimum atomic E-state index is -0.332. The molecular formula is C25H26ClN5O2. The lowest BCUT2D eigenvalue weighted by molar-refractivity contribution is 0.565. The van der Waals surface area contributed by atoms with Gasteiger partial charge < -0.3 is 9.47 Å². The Bertz CT molecular complexity index is 1450. The van der Waals surface area contributed by atoms with Gasteiger partial charge in [0.2, 0.25) is 5.95 Å². The Balaban J connectivity index is 1.58. The van der Waals surface area contributed by atoms with Gasteiger partial charge in [-0.1, -0.05) is 48.0 Å². The average Bonchev–Trinajstić information content (AvgIpc) is 3.22. The zero-order valence-electron chi connectivity index (χ0n) is 18.8. The lowest BCUT2D eigenvalue weighted by Crippen LogP contribution is -2.40. The minimum Gasteiger partial charge on any atom is -0.312 e. The van der Waals surface area contributed by atoms with Gasteiger partial charge in [-0.2, -0.15) is 4.98 Å². The minimum absolute atomic E-state index is 0.274. The number of rotatable bonds is 5. The number of anilines is 2. The molecule has 0 amide bonds. The van der Waals surface area contributed by atoms with E-state index < -0.39 is 0 Å². The summed E-state index contributed by atoms with van der Waals surface area (Å²) in [7, 11) is 1.69. The zero-order valence-corrected chi connectivity index (χ0v) is 19.5. The van der Waals surface area contributed by atoms with Crippen molar-refractivity contribution in [2.24, 2.45) is 7.05 Å². The topological polar surface area (TPSA) is 65.1 Å². The van der Waals surface area contributed by atoms with Crippen LogP contribution in [0.3, 0.4) is 0 Å². The van der Waals surface area contributed by atoms with Crippen molar-refractivity contribution in [1.82, 2.24) is 18.7 Å². The lowest BCUT2D eigenvalue weighted by Gasteiger charge is -2.30. The molecule has 0 saturated heterocycles. The molecule has 1 aliphatic heterocycles. The Morgan fingerprint density at radius 2 is 1.85 bits per heavy atom. The maximum Gasteiger partial charge on any atom is 0.332 e. The van der Waals surface area contributed by atoms with E-state index in [1.165, 1.54) is 14.7 Å². The van der Waals surface area contributed by atoms with Gasteiger partial charge in [0.05, 0.1) is 0 Å². The first kappa shape index (κ1) is 21.5. The summed E-state index contributed by atoms with van der Waals surface area (Å²) < 4.78 is 4.80. The molecule has 4 aromatic rings. The fourth-order valence-corrected chi connectivity index (χ4v) is 4.82. The van der Waals surface area contributed by atoms with Gasteiger partial charge in [-0.15, -0.1) is 0 Å². The van der Waals surface area contributed by atoms with Crippen molar-refractivity contribution in [3.63, 3.8) is 0 Å². The summed E-state index contributed by atoms with van der Waals surface area (Å²) in [5.74, 6) is 0.677. The SMILES string of the molecule is Cc1ccc(Cl)cc1N1CCCn2c1nc1c2c(=O)n(CCCc2ccccc2)c(=O)n1C. The second-order valence-corrected chi connectivity index (χ2v) is 9.00. The van der Waals surface area contributed by atoms with E-state index in [0.29, 0.717) is 41.6 Å². The summed E-state index contributed by atoms with van der Waals surface area (Å²) in [5, 5.41) is 0.650. The predicted molar refractivity (Wildman–Crippen MR) is 132 cm³/mol. The molecule has 7 nitrogen and oxygen atoms in total. The first-order valence-electron chi connectivity index (χ1n) is 11.2. The van der Waals surface area contributed by atoms with Gasteiger partial charge >= 0.3 is 5.69 Å². The van der Waals surface area contributed by atoms with E-state index in [-0.39, 0.29) is 11.2 Å². The number of fused-ring (bicyclic) bond motifs is 3. The van der Waals surface area contributed by atoms with Crippen LogP contribution in [0.25, 0.3) is 11.2 Å². The van der Waals surface area contributed by atoms with Crippen LogP contribution in [0.15, 0.2) is 58.1 Å². The summed E-state index contributed by atoms with van der Waals surface area (Å²) in [6.45, 7) is 3.85. The molecule has 170 valence electrons. The molecule has 1 aliphatic rings. The van der Waals surface area contributed by atoms with Crippen LogP contribution < -0.4 is 16.1 Å². The second-order valence-electron chi connectivity index (χ2n) is 8.56. The van der Waals surface area contributed by atoms with Crippen LogP contribution in [0.1, 0.15) is 24.0 Å². The third-order valence-electron chi connectivity index (χ3n) is 6.37. The number of hydrogen-bond acceptors (Lipinski definition) is 4. The van der Waals surface area contributed by atoms with E-state index >= 15 is 0 Å². The van der Waals surface area contributed by atoms with E-state index in [1.54, 1.807) is 7.05 Å². The number of aryl methyl sites for hydroxylation is 4. The average molecular weight is 464 g/mol. The van der Waals surface area contributed by atoms with Gasteiger partial charge in [0.25, 0.3) is 5.56 Å². The lowest BCUT2D eigenvalue weighted by atomic mass is 10.1. The highest BCUT2D eigenvalue weighted by Gasteiger charge is 2.27. The van der Waals surface area contributed by atoms with Crippen molar-refractivity contribution < 1.29 is 0 Å². The Labute approximate surface area is 196 Å². The van der Waals surface area contributed by atoms with Crippen molar-refractivity contribution in [3.05, 3.63) is 85.5 Å². The van der Waals surface area contributed by atoms with Gasteiger partial charge in [0, 0.05) is 37.4 Å². The Morgan fingerprint density at radius 3 is 2.64 bits per heavy atom. The maximum atomic E-state index is 13.5. The largest absolute Gasteiger partial charge is 0.332 e. The van der Waals surface area contributed by atoms with Gasteiger partial charge in [-0.05, 0) is 49.4 Å². The second kappa shape index (κ2) is 8.56. The molecule has 0 bridgehead atoms. The van der Waals surface area contributed by atoms with E-state index in [1.807, 2.05) is 47.9 Å². The number of hydrogen-bond donors (Lipinski definition) is 0. The molecule has 0 unspecified atom stereocenters. The number of imidazole rings is 1. The monoisotopic (exact) mass is 463 g/mol. The highest BCUT2D eigenvalue weighted by atomic mass is 35.5. The first-order valence-corrected chi connectivity index (χ1v) is 11.6. The van der Waals surface area contributed by atoms with Gasteiger partial charge in [0.15, 0.2) is 11.2 Å². The molecule has 0 saturated carbocycles. The zero-order chi connectivity index (χ0) is 23.1. The number of aromatic nitrogens is 4. The number of benzene rings is 2. The Hall–Kier alpha value is -3.32. The summed E-state index contributed by atoms with van der Waals surface area (Å²) in [6.07, 6.45) is 2.38. The highest BCUT2D eigenvalue weighted by molar-refractivity contribution is 6.30. The first-order chi connectivity index (χ1) is 16.0. The smallest absolute Gasteiger partial charge is 0.312 e. The maximum absolute atomic E-state index is 13.5. The van der Waals surface area contributed by atoms with Gasteiger partial charge in [-0.25, -0.2) is 4.79 Å². The van der Waals surface area contributed by atoms with E-state index in [9.17, 15) is 9.59 Å². The molecule has 8 heteroatoms. The number of halogens is 1. The van der Waals surface area contributed by atoms with Crippen LogP contribution in [0.5, 0.6) is 0 Å². The van der Waals surface area contributed by atoms with Crippen molar-refractivity contribution >= 4 is 34.4 Å². The molecule has 0 aliphatic carbocycles. The quantitative estimate of drug-likeness (QED) is 0.448. The van der Waals surface area contributed by atoms with E-state index in [4.69, 9.17) is 16.6 Å². The normalized spacial score (nSPS) is 13.5. The van der Waals surface area contributed by atoms with Gasteiger partial charge in [0.1, 0.15) is 0 Å². The standard InChI is InChI=1S/C25H26ClN5O2/c1-17-11-12-19(26)16-20(17)29-14-7-15-30-21-22(27-24(29)30)28(2)25(33)31(23(21)32)13-6-10-18-8-4-3-5-9-18/h3-5,8-9,11-12,16H,6-7,10,13-15H2,1-2H3. The van der Waals surface area contributed by atoms with Crippen LogP contribution in [0, 0.1) is 6.92 Å². The number of nitrogens with zero attached hydrogens (tertiary/aromatic N) is 5. The molecule has 2 aromatic heterocycles. The van der Waals surface area contributed by atoms with Crippen LogP contribution in [-0.2, 0) is 26.6 Å². The molecular weight excluding hydrogens is 438 g/mol. The summed E-state index contributed by atoms with van der Waals surface area (Å²) in [5.41, 5.74) is 3.53. The van der Waals surface area contributed by atoms with Crippen molar-refractivity contribution in [1.29, 1.82) is 0 Å².